The zero-order valence-corrected chi connectivity index (χ0v) is 6.89. The molecule has 1 aliphatic rings. The highest BCUT2D eigenvalue weighted by Crippen LogP contribution is 2.11. The highest BCUT2D eigenvalue weighted by atomic mass is 35.5. The maximum Gasteiger partial charge on any atom is 0.325 e. The third kappa shape index (κ3) is 1.63. The zero-order valence-electron chi connectivity index (χ0n) is 6.13. The molecule has 0 aromatic carbocycles. The van der Waals surface area contributed by atoms with E-state index in [1.807, 2.05) is 6.92 Å². The fraction of sp³-hybridized carbons (Fsp3) is 0.667. The number of amides is 3. The van der Waals surface area contributed by atoms with Crippen molar-refractivity contribution in [2.45, 2.75) is 18.8 Å². The van der Waals surface area contributed by atoms with Crippen molar-refractivity contribution in [1.29, 1.82) is 0 Å². The number of hydrogen-bond acceptors (Lipinski definition) is 2. The number of nitrogens with one attached hydrogen (secondary N) is 1. The lowest BCUT2D eigenvalue weighted by molar-refractivity contribution is -0.118. The third-order valence-corrected chi connectivity index (χ3v) is 2.04. The van der Waals surface area contributed by atoms with Crippen molar-refractivity contribution in [3.63, 3.8) is 0 Å². The average molecular weight is 177 g/mol. The SMILES string of the molecule is CCC(Cl)N1CC(=O)NC1=O. The highest BCUT2D eigenvalue weighted by molar-refractivity contribution is 6.22. The summed E-state index contributed by atoms with van der Waals surface area (Å²) in [5, 5.41) is 2.15. The Balaban J connectivity index is 2.59. The van der Waals surface area contributed by atoms with Crippen LogP contribution in [0.3, 0.4) is 0 Å². The Kier molecular flexibility index (Phi) is 2.34. The summed E-state index contributed by atoms with van der Waals surface area (Å²) in [6.07, 6.45) is 0.641. The van der Waals surface area contributed by atoms with E-state index in [0.29, 0.717) is 6.42 Å². The minimum atomic E-state index is -0.392. The summed E-state index contributed by atoms with van der Waals surface area (Å²) in [4.78, 5) is 22.9. The van der Waals surface area contributed by atoms with Crippen LogP contribution < -0.4 is 5.32 Å². The van der Waals surface area contributed by atoms with E-state index >= 15 is 0 Å². The fourth-order valence-electron chi connectivity index (χ4n) is 0.904. The monoisotopic (exact) mass is 176 g/mol. The van der Waals surface area contributed by atoms with Crippen LogP contribution in [0.1, 0.15) is 13.3 Å². The second-order valence-electron chi connectivity index (χ2n) is 2.32. The largest absolute Gasteiger partial charge is 0.325 e. The van der Waals surface area contributed by atoms with Gasteiger partial charge in [0.05, 0.1) is 0 Å². The smallest absolute Gasteiger partial charge is 0.299 e. The van der Waals surface area contributed by atoms with E-state index in [2.05, 4.69) is 5.32 Å². The highest BCUT2D eigenvalue weighted by Gasteiger charge is 2.30. The van der Waals surface area contributed by atoms with E-state index < -0.39 is 6.03 Å². The van der Waals surface area contributed by atoms with Crippen molar-refractivity contribution in [3.05, 3.63) is 0 Å². The number of carbonyl (C=O) groups is 2. The summed E-state index contributed by atoms with van der Waals surface area (Å²) in [7, 11) is 0. The van der Waals surface area contributed by atoms with Crippen LogP contribution in [0.25, 0.3) is 0 Å². The fourth-order valence-corrected chi connectivity index (χ4v) is 1.06. The van der Waals surface area contributed by atoms with Crippen molar-refractivity contribution in [1.82, 2.24) is 10.2 Å². The average Bonchev–Trinajstić information content (AvgIpc) is 2.28. The van der Waals surface area contributed by atoms with E-state index in [9.17, 15) is 9.59 Å². The topological polar surface area (TPSA) is 49.4 Å². The van der Waals surface area contributed by atoms with E-state index in [0.717, 1.165) is 0 Å². The predicted octanol–water partition coefficient (Wildman–Crippen LogP) is 0.513. The van der Waals surface area contributed by atoms with Gasteiger partial charge in [-0.05, 0) is 6.42 Å². The molecule has 1 aliphatic heterocycles. The van der Waals surface area contributed by atoms with E-state index in [4.69, 9.17) is 11.6 Å². The van der Waals surface area contributed by atoms with Gasteiger partial charge in [0.2, 0.25) is 5.91 Å². The molecule has 3 amide bonds. The van der Waals surface area contributed by atoms with E-state index in [1.54, 1.807) is 0 Å². The van der Waals surface area contributed by atoms with Gasteiger partial charge in [-0.1, -0.05) is 18.5 Å². The summed E-state index contributed by atoms with van der Waals surface area (Å²) >= 11 is 5.74. The Morgan fingerprint density at radius 1 is 1.73 bits per heavy atom. The lowest BCUT2D eigenvalue weighted by Gasteiger charge is -2.17. The molecule has 1 unspecified atom stereocenters. The molecule has 1 fully saturated rings. The number of rotatable bonds is 2. The van der Waals surface area contributed by atoms with Gasteiger partial charge in [0, 0.05) is 0 Å². The first-order valence-corrected chi connectivity index (χ1v) is 3.83. The van der Waals surface area contributed by atoms with Crippen molar-refractivity contribution in [2.75, 3.05) is 6.54 Å². The molecule has 1 heterocycles. The first-order chi connectivity index (χ1) is 5.15. The normalized spacial score (nSPS) is 20.4. The predicted molar refractivity (Wildman–Crippen MR) is 40.2 cm³/mol. The molecular formula is C6H9ClN2O2. The van der Waals surface area contributed by atoms with Crippen LogP contribution in [-0.2, 0) is 4.79 Å². The van der Waals surface area contributed by atoms with Gasteiger partial charge in [-0.15, -0.1) is 0 Å². The quantitative estimate of drug-likeness (QED) is 0.379. The van der Waals surface area contributed by atoms with Crippen LogP contribution in [0.15, 0.2) is 0 Å². The summed E-state index contributed by atoms with van der Waals surface area (Å²) in [5.74, 6) is -0.283. The molecule has 0 bridgehead atoms. The second-order valence-corrected chi connectivity index (χ2v) is 2.83. The van der Waals surface area contributed by atoms with Crippen LogP contribution in [-0.4, -0.2) is 28.9 Å². The number of hydrogen-bond donors (Lipinski definition) is 1. The van der Waals surface area contributed by atoms with Crippen LogP contribution >= 0.6 is 11.6 Å². The molecule has 0 saturated carbocycles. The van der Waals surface area contributed by atoms with Crippen molar-refractivity contribution in [2.24, 2.45) is 0 Å². The van der Waals surface area contributed by atoms with Crippen LogP contribution in [0.4, 0.5) is 4.79 Å². The molecule has 0 radical (unpaired) electrons. The van der Waals surface area contributed by atoms with Crippen molar-refractivity contribution in [3.8, 4) is 0 Å². The summed E-state index contributed by atoms with van der Waals surface area (Å²) < 4.78 is 0. The molecule has 62 valence electrons. The number of nitrogens with zero attached hydrogens (tertiary/aromatic N) is 1. The Morgan fingerprint density at radius 2 is 2.36 bits per heavy atom. The summed E-state index contributed by atoms with van der Waals surface area (Å²) in [6, 6.07) is -0.392. The van der Waals surface area contributed by atoms with Gasteiger partial charge < -0.3 is 0 Å². The van der Waals surface area contributed by atoms with Gasteiger partial charge in [0.25, 0.3) is 0 Å². The Bertz CT molecular complexity index is 195. The molecule has 5 heteroatoms. The molecule has 4 nitrogen and oxygen atoms in total. The van der Waals surface area contributed by atoms with Gasteiger partial charge in [-0.3, -0.25) is 15.0 Å². The van der Waals surface area contributed by atoms with Gasteiger partial charge in [0.1, 0.15) is 12.0 Å². The first kappa shape index (κ1) is 8.33. The Morgan fingerprint density at radius 3 is 2.73 bits per heavy atom. The van der Waals surface area contributed by atoms with E-state index in [-0.39, 0.29) is 18.0 Å². The molecular weight excluding hydrogens is 168 g/mol. The first-order valence-electron chi connectivity index (χ1n) is 3.39. The van der Waals surface area contributed by atoms with E-state index in [1.165, 1.54) is 4.90 Å². The van der Waals surface area contributed by atoms with Crippen LogP contribution in [0.2, 0.25) is 0 Å². The molecule has 1 saturated heterocycles. The molecule has 1 atom stereocenters. The molecule has 11 heavy (non-hydrogen) atoms. The second kappa shape index (κ2) is 3.09. The van der Waals surface area contributed by atoms with Crippen molar-refractivity contribution < 1.29 is 9.59 Å². The molecule has 1 rings (SSSR count). The molecule has 0 aliphatic carbocycles. The Hall–Kier alpha value is -0.770. The van der Waals surface area contributed by atoms with Gasteiger partial charge in [0.15, 0.2) is 0 Å². The summed E-state index contributed by atoms with van der Waals surface area (Å²) in [6.45, 7) is 1.94. The minimum absolute atomic E-state index is 0.0842. The lowest BCUT2D eigenvalue weighted by Crippen LogP contribution is -2.34. The van der Waals surface area contributed by atoms with Gasteiger partial charge in [-0.25, -0.2) is 4.79 Å². The number of alkyl halides is 1. The number of halogens is 1. The molecule has 0 aromatic heterocycles. The minimum Gasteiger partial charge on any atom is -0.299 e. The number of imide groups is 1. The maximum atomic E-state index is 10.9. The van der Waals surface area contributed by atoms with Crippen LogP contribution in [0, 0.1) is 0 Å². The Labute approximate surface area is 69.5 Å². The molecule has 0 spiro atoms. The summed E-state index contributed by atoms with van der Waals surface area (Å²) in [5.41, 5.74) is -0.374. The molecule has 0 aromatic rings. The molecule has 1 N–H and O–H groups in total. The van der Waals surface area contributed by atoms with Gasteiger partial charge >= 0.3 is 6.03 Å². The number of urea groups is 1. The number of carbonyl (C=O) groups excluding carboxylic acids is 2. The van der Waals surface area contributed by atoms with Crippen molar-refractivity contribution >= 4 is 23.5 Å². The lowest BCUT2D eigenvalue weighted by atomic mass is 10.4. The van der Waals surface area contributed by atoms with Crippen LogP contribution in [0.5, 0.6) is 0 Å². The van der Waals surface area contributed by atoms with Gasteiger partial charge in [-0.2, -0.15) is 0 Å². The zero-order chi connectivity index (χ0) is 8.43. The standard InChI is InChI=1S/C6H9ClN2O2/c1-2-4(7)9-3-5(10)8-6(9)11/h4H,2-3H2,1H3,(H,8,10,11). The maximum absolute atomic E-state index is 10.9. The third-order valence-electron chi connectivity index (χ3n) is 1.50.